The van der Waals surface area contributed by atoms with Gasteiger partial charge in [0.15, 0.2) is 0 Å². The minimum atomic E-state index is -0.331. The summed E-state index contributed by atoms with van der Waals surface area (Å²) in [5.41, 5.74) is 2.89. The number of carbonyl (C=O) groups is 1. The highest BCUT2D eigenvalue weighted by molar-refractivity contribution is 6.04. The molecule has 0 fully saturated rings. The molecule has 110 valence electrons. The van der Waals surface area contributed by atoms with Crippen molar-refractivity contribution in [2.24, 2.45) is 0 Å². The summed E-state index contributed by atoms with van der Waals surface area (Å²) in [6.07, 6.45) is 0. The molecule has 6 nitrogen and oxygen atoms in total. The first-order chi connectivity index (χ1) is 10.0. The Morgan fingerprint density at radius 2 is 2.05 bits per heavy atom. The van der Waals surface area contributed by atoms with E-state index in [1.807, 2.05) is 19.9 Å². The first-order valence-corrected chi connectivity index (χ1v) is 6.35. The van der Waals surface area contributed by atoms with Gasteiger partial charge >= 0.3 is 0 Å². The summed E-state index contributed by atoms with van der Waals surface area (Å²) >= 11 is 0. The Labute approximate surface area is 122 Å². The number of benzene rings is 1. The van der Waals surface area contributed by atoms with Crippen LogP contribution in [0.1, 0.15) is 27.3 Å². The highest BCUT2D eigenvalue weighted by Gasteiger charge is 2.11. The van der Waals surface area contributed by atoms with Gasteiger partial charge in [-0.1, -0.05) is 0 Å². The molecular weight excluding hydrogens is 272 g/mol. The number of hydrogen-bond acceptors (Lipinski definition) is 5. The van der Waals surface area contributed by atoms with E-state index in [0.29, 0.717) is 16.8 Å². The Kier molecular flexibility index (Phi) is 4.52. The van der Waals surface area contributed by atoms with Gasteiger partial charge in [0.05, 0.1) is 11.4 Å². The fourth-order valence-electron chi connectivity index (χ4n) is 1.93. The molecule has 1 heterocycles. The normalized spacial score (nSPS) is 10.4. The number of rotatable bonds is 4. The number of aryl methyl sites for hydroxylation is 2. The monoisotopic (exact) mass is 288 g/mol. The number of aromatic hydroxyl groups is 1. The maximum Gasteiger partial charge on any atom is 0.255 e. The molecule has 1 amide bonds. The number of amides is 1. The quantitative estimate of drug-likeness (QED) is 0.594. The van der Waals surface area contributed by atoms with E-state index >= 15 is 0 Å². The average Bonchev–Trinajstić information content (AvgIpc) is 2.44. The van der Waals surface area contributed by atoms with Crippen LogP contribution in [0, 0.1) is 13.8 Å². The second-order valence-corrected chi connectivity index (χ2v) is 4.66. The summed E-state index contributed by atoms with van der Waals surface area (Å²) in [6.45, 7) is 3.49. The molecule has 0 aliphatic rings. The lowest BCUT2D eigenvalue weighted by Gasteiger charge is -2.10. The standard InChI is InChI=1S/C15H16N2O4/c1-9-3-5-13(10(2)16-9)17-15(19)11-4-6-14(18)12(7-11)8-21-20/h3-7,18,20H,8H2,1-2H3,(H,17,19). The Morgan fingerprint density at radius 3 is 2.71 bits per heavy atom. The molecule has 0 saturated carbocycles. The third-order valence-corrected chi connectivity index (χ3v) is 3.03. The Hall–Kier alpha value is -2.44. The zero-order chi connectivity index (χ0) is 15.4. The molecule has 0 saturated heterocycles. The van der Waals surface area contributed by atoms with E-state index in [1.54, 1.807) is 6.07 Å². The van der Waals surface area contributed by atoms with Crippen LogP contribution in [-0.4, -0.2) is 21.3 Å². The molecule has 0 bridgehead atoms. The molecule has 0 unspecified atom stereocenters. The van der Waals surface area contributed by atoms with Crippen LogP contribution in [-0.2, 0) is 11.5 Å². The van der Waals surface area contributed by atoms with Gasteiger partial charge in [-0.25, -0.2) is 4.89 Å². The molecule has 0 aliphatic carbocycles. The molecular formula is C15H16N2O4. The number of phenolic OH excluding ortho intramolecular Hbond substituents is 1. The van der Waals surface area contributed by atoms with Crippen molar-refractivity contribution < 1.29 is 20.0 Å². The molecule has 0 spiro atoms. The van der Waals surface area contributed by atoms with Crippen molar-refractivity contribution in [3.63, 3.8) is 0 Å². The van der Waals surface area contributed by atoms with Crippen LogP contribution in [0.15, 0.2) is 30.3 Å². The Balaban J connectivity index is 2.22. The summed E-state index contributed by atoms with van der Waals surface area (Å²) in [6, 6.07) is 7.92. The lowest BCUT2D eigenvalue weighted by Crippen LogP contribution is -2.13. The molecule has 2 aromatic rings. The SMILES string of the molecule is Cc1ccc(NC(=O)c2ccc(O)c(COO)c2)c(C)n1. The van der Waals surface area contributed by atoms with Crippen LogP contribution < -0.4 is 5.32 Å². The number of carbonyl (C=O) groups excluding carboxylic acids is 1. The Bertz CT molecular complexity index is 671. The summed E-state index contributed by atoms with van der Waals surface area (Å²) in [5.74, 6) is -0.378. The zero-order valence-corrected chi connectivity index (χ0v) is 11.8. The topological polar surface area (TPSA) is 91.7 Å². The third-order valence-electron chi connectivity index (χ3n) is 3.03. The maximum absolute atomic E-state index is 12.2. The van der Waals surface area contributed by atoms with E-state index in [-0.39, 0.29) is 18.3 Å². The van der Waals surface area contributed by atoms with Crippen molar-refractivity contribution in [3.8, 4) is 5.75 Å². The molecule has 21 heavy (non-hydrogen) atoms. The second-order valence-electron chi connectivity index (χ2n) is 4.66. The summed E-state index contributed by atoms with van der Waals surface area (Å²) in [5, 5.41) is 20.8. The molecule has 0 atom stereocenters. The van der Waals surface area contributed by atoms with Crippen LogP contribution in [0.3, 0.4) is 0 Å². The van der Waals surface area contributed by atoms with Gasteiger partial charge in [0, 0.05) is 16.8 Å². The van der Waals surface area contributed by atoms with Gasteiger partial charge in [-0.15, -0.1) is 0 Å². The van der Waals surface area contributed by atoms with E-state index in [2.05, 4.69) is 15.2 Å². The number of nitrogens with one attached hydrogen (secondary N) is 1. The third kappa shape index (κ3) is 3.56. The van der Waals surface area contributed by atoms with Crippen molar-refractivity contribution in [1.29, 1.82) is 0 Å². The molecule has 6 heteroatoms. The molecule has 1 aromatic carbocycles. The minimum absolute atomic E-state index is 0.0474. The fourth-order valence-corrected chi connectivity index (χ4v) is 1.93. The van der Waals surface area contributed by atoms with Crippen molar-refractivity contribution in [2.75, 3.05) is 5.32 Å². The number of nitrogens with zero attached hydrogens (tertiary/aromatic N) is 1. The smallest absolute Gasteiger partial charge is 0.255 e. The van der Waals surface area contributed by atoms with Crippen LogP contribution in [0.2, 0.25) is 0 Å². The maximum atomic E-state index is 12.2. The molecule has 2 rings (SSSR count). The van der Waals surface area contributed by atoms with E-state index in [4.69, 9.17) is 5.26 Å². The predicted octanol–water partition coefficient (Wildman–Crippen LogP) is 2.65. The van der Waals surface area contributed by atoms with Crippen molar-refractivity contribution in [2.45, 2.75) is 20.5 Å². The number of aromatic nitrogens is 1. The fraction of sp³-hybridized carbons (Fsp3) is 0.200. The van der Waals surface area contributed by atoms with Crippen LogP contribution in [0.25, 0.3) is 0 Å². The lowest BCUT2D eigenvalue weighted by molar-refractivity contribution is -0.253. The van der Waals surface area contributed by atoms with Gasteiger partial charge in [0.25, 0.3) is 5.91 Å². The van der Waals surface area contributed by atoms with Gasteiger partial charge in [0.2, 0.25) is 0 Å². The number of pyridine rings is 1. The van der Waals surface area contributed by atoms with Crippen LogP contribution in [0.5, 0.6) is 5.75 Å². The average molecular weight is 288 g/mol. The summed E-state index contributed by atoms with van der Waals surface area (Å²) in [7, 11) is 0. The number of anilines is 1. The van der Waals surface area contributed by atoms with Gasteiger partial charge < -0.3 is 10.4 Å². The lowest BCUT2D eigenvalue weighted by atomic mass is 10.1. The minimum Gasteiger partial charge on any atom is -0.508 e. The number of hydrogen-bond donors (Lipinski definition) is 3. The second kappa shape index (κ2) is 6.34. The largest absolute Gasteiger partial charge is 0.508 e. The van der Waals surface area contributed by atoms with Gasteiger partial charge in [-0.05, 0) is 44.2 Å². The zero-order valence-electron chi connectivity index (χ0n) is 11.8. The number of phenols is 1. The van der Waals surface area contributed by atoms with E-state index < -0.39 is 0 Å². The van der Waals surface area contributed by atoms with E-state index in [9.17, 15) is 9.90 Å². The van der Waals surface area contributed by atoms with Crippen molar-refractivity contribution in [3.05, 3.63) is 52.8 Å². The van der Waals surface area contributed by atoms with Gasteiger partial charge in [-0.3, -0.25) is 15.0 Å². The molecule has 1 aromatic heterocycles. The van der Waals surface area contributed by atoms with E-state index in [0.717, 1.165) is 11.4 Å². The van der Waals surface area contributed by atoms with Crippen LogP contribution in [0.4, 0.5) is 5.69 Å². The molecule has 0 aliphatic heterocycles. The van der Waals surface area contributed by atoms with Crippen molar-refractivity contribution >= 4 is 11.6 Å². The molecule has 0 radical (unpaired) electrons. The van der Waals surface area contributed by atoms with Gasteiger partial charge in [0.1, 0.15) is 12.4 Å². The summed E-state index contributed by atoms with van der Waals surface area (Å²) in [4.78, 5) is 20.5. The summed E-state index contributed by atoms with van der Waals surface area (Å²) < 4.78 is 0. The first kappa shape index (κ1) is 15.0. The first-order valence-electron chi connectivity index (χ1n) is 6.35. The highest BCUT2D eigenvalue weighted by Crippen LogP contribution is 2.20. The molecule has 3 N–H and O–H groups in total. The van der Waals surface area contributed by atoms with Crippen LogP contribution >= 0.6 is 0 Å². The predicted molar refractivity (Wildman–Crippen MR) is 77.2 cm³/mol. The highest BCUT2D eigenvalue weighted by atomic mass is 17.1. The van der Waals surface area contributed by atoms with Crippen molar-refractivity contribution in [1.82, 2.24) is 4.98 Å². The Morgan fingerprint density at radius 1 is 1.29 bits per heavy atom. The van der Waals surface area contributed by atoms with E-state index in [1.165, 1.54) is 18.2 Å². The van der Waals surface area contributed by atoms with Gasteiger partial charge in [-0.2, -0.15) is 0 Å².